The lowest BCUT2D eigenvalue weighted by Crippen LogP contribution is -2.08. The van der Waals surface area contributed by atoms with Crippen molar-refractivity contribution in [2.75, 3.05) is 12.8 Å². The van der Waals surface area contributed by atoms with Gasteiger partial charge in [0.15, 0.2) is 5.75 Å². The first kappa shape index (κ1) is 9.63. The average molecular weight is 192 g/mol. The summed E-state index contributed by atoms with van der Waals surface area (Å²) in [6.07, 6.45) is -3.53. The molecule has 0 fully saturated rings. The Kier molecular flexibility index (Phi) is 2.31. The summed E-state index contributed by atoms with van der Waals surface area (Å²) in [6, 6.07) is 0.735. The van der Waals surface area contributed by atoms with Crippen LogP contribution in [0.2, 0.25) is 0 Å². The lowest BCUT2D eigenvalue weighted by molar-refractivity contribution is -0.141. The molecule has 3 nitrogen and oxygen atoms in total. The third-order valence-corrected chi connectivity index (χ3v) is 1.41. The molecule has 0 aliphatic heterocycles. The van der Waals surface area contributed by atoms with Crippen molar-refractivity contribution in [1.29, 1.82) is 0 Å². The SMILES string of the molecule is COc1cnc(C(F)(F)F)cc1N. The zero-order valence-corrected chi connectivity index (χ0v) is 6.72. The van der Waals surface area contributed by atoms with Gasteiger partial charge in [0.2, 0.25) is 0 Å². The Morgan fingerprint density at radius 1 is 1.46 bits per heavy atom. The second-order valence-electron chi connectivity index (χ2n) is 2.31. The van der Waals surface area contributed by atoms with E-state index >= 15 is 0 Å². The number of methoxy groups -OCH3 is 1. The van der Waals surface area contributed by atoms with E-state index in [1.807, 2.05) is 0 Å². The number of nitrogen functional groups attached to an aromatic ring is 1. The van der Waals surface area contributed by atoms with Gasteiger partial charge in [-0.3, -0.25) is 0 Å². The highest BCUT2D eigenvalue weighted by atomic mass is 19.4. The molecule has 13 heavy (non-hydrogen) atoms. The summed E-state index contributed by atoms with van der Waals surface area (Å²) in [5, 5.41) is 0. The van der Waals surface area contributed by atoms with Crippen molar-refractivity contribution in [1.82, 2.24) is 4.98 Å². The fourth-order valence-electron chi connectivity index (χ4n) is 0.784. The van der Waals surface area contributed by atoms with Gasteiger partial charge in [-0.15, -0.1) is 0 Å². The van der Waals surface area contributed by atoms with Crippen molar-refractivity contribution in [3.05, 3.63) is 18.0 Å². The van der Waals surface area contributed by atoms with E-state index < -0.39 is 11.9 Å². The molecule has 6 heteroatoms. The maximum atomic E-state index is 12.0. The van der Waals surface area contributed by atoms with E-state index in [9.17, 15) is 13.2 Å². The number of anilines is 1. The molecule has 0 aliphatic rings. The summed E-state index contributed by atoms with van der Waals surface area (Å²) in [5.41, 5.74) is 4.16. The Bertz CT molecular complexity index is 311. The average Bonchev–Trinajstić information content (AvgIpc) is 2.02. The number of hydrogen-bond donors (Lipinski definition) is 1. The number of pyridine rings is 1. The molecule has 1 aromatic rings. The van der Waals surface area contributed by atoms with Gasteiger partial charge in [-0.1, -0.05) is 0 Å². The minimum atomic E-state index is -4.47. The van der Waals surface area contributed by atoms with Gasteiger partial charge in [0.05, 0.1) is 19.0 Å². The Morgan fingerprint density at radius 3 is 2.46 bits per heavy atom. The van der Waals surface area contributed by atoms with Crippen LogP contribution >= 0.6 is 0 Å². The third-order valence-electron chi connectivity index (χ3n) is 1.41. The van der Waals surface area contributed by atoms with Crippen molar-refractivity contribution < 1.29 is 17.9 Å². The monoisotopic (exact) mass is 192 g/mol. The predicted octanol–water partition coefficient (Wildman–Crippen LogP) is 1.69. The third kappa shape index (κ3) is 2.01. The number of alkyl halides is 3. The molecule has 2 N–H and O–H groups in total. The molecule has 0 atom stereocenters. The van der Waals surface area contributed by atoms with Gasteiger partial charge in [0.25, 0.3) is 0 Å². The molecule has 0 spiro atoms. The molecule has 1 rings (SSSR count). The van der Waals surface area contributed by atoms with Crippen molar-refractivity contribution in [2.45, 2.75) is 6.18 Å². The topological polar surface area (TPSA) is 48.1 Å². The maximum Gasteiger partial charge on any atom is 0.433 e. The summed E-state index contributed by atoms with van der Waals surface area (Å²) in [7, 11) is 1.31. The first-order valence-corrected chi connectivity index (χ1v) is 3.32. The molecular weight excluding hydrogens is 185 g/mol. The number of aromatic nitrogens is 1. The summed E-state index contributed by atoms with van der Waals surface area (Å²) in [6.45, 7) is 0. The standard InChI is InChI=1S/C7H7F3N2O/c1-13-5-3-12-6(2-4(5)11)7(8,9)10/h2-3H,1H3,(H2,11,12). The van der Waals surface area contributed by atoms with Crippen molar-refractivity contribution in [2.24, 2.45) is 0 Å². The smallest absolute Gasteiger partial charge is 0.433 e. The summed E-state index contributed by atoms with van der Waals surface area (Å²) in [4.78, 5) is 3.15. The molecule has 72 valence electrons. The molecular formula is C7H7F3N2O. The minimum absolute atomic E-state index is 0.0789. The van der Waals surface area contributed by atoms with Crippen LogP contribution in [0.3, 0.4) is 0 Å². The van der Waals surface area contributed by atoms with Crippen LogP contribution in [0.5, 0.6) is 5.75 Å². The summed E-state index contributed by atoms with van der Waals surface area (Å²) >= 11 is 0. The second kappa shape index (κ2) is 3.12. The van der Waals surface area contributed by atoms with E-state index in [4.69, 9.17) is 5.73 Å². The molecule has 0 bridgehead atoms. The largest absolute Gasteiger partial charge is 0.493 e. The van der Waals surface area contributed by atoms with E-state index in [0.29, 0.717) is 0 Å². The normalized spacial score (nSPS) is 11.4. The Balaban J connectivity index is 3.10. The number of rotatable bonds is 1. The van der Waals surface area contributed by atoms with Gasteiger partial charge >= 0.3 is 6.18 Å². The van der Waals surface area contributed by atoms with Gasteiger partial charge in [0.1, 0.15) is 5.69 Å². The summed E-state index contributed by atoms with van der Waals surface area (Å²) < 4.78 is 40.8. The van der Waals surface area contributed by atoms with Gasteiger partial charge in [0, 0.05) is 0 Å². The second-order valence-corrected chi connectivity index (χ2v) is 2.31. The maximum absolute atomic E-state index is 12.0. The number of nitrogens with zero attached hydrogens (tertiary/aromatic N) is 1. The van der Waals surface area contributed by atoms with Gasteiger partial charge < -0.3 is 10.5 Å². The van der Waals surface area contributed by atoms with Crippen molar-refractivity contribution in [3.8, 4) is 5.75 Å². The van der Waals surface area contributed by atoms with E-state index in [2.05, 4.69) is 9.72 Å². The fraction of sp³-hybridized carbons (Fsp3) is 0.286. The number of hydrogen-bond acceptors (Lipinski definition) is 3. The molecule has 1 aromatic heterocycles. The summed E-state index contributed by atoms with van der Waals surface area (Å²) in [5.74, 6) is 0.132. The quantitative estimate of drug-likeness (QED) is 0.736. The van der Waals surface area contributed by atoms with Crippen LogP contribution in [0.1, 0.15) is 5.69 Å². The van der Waals surface area contributed by atoms with Crippen LogP contribution in [0, 0.1) is 0 Å². The lowest BCUT2D eigenvalue weighted by Gasteiger charge is -2.08. The molecule has 0 saturated heterocycles. The number of ether oxygens (including phenoxy) is 1. The predicted molar refractivity (Wildman–Crippen MR) is 40.2 cm³/mol. The minimum Gasteiger partial charge on any atom is -0.493 e. The van der Waals surface area contributed by atoms with Gasteiger partial charge in [-0.05, 0) is 6.07 Å². The highest BCUT2D eigenvalue weighted by Gasteiger charge is 2.32. The van der Waals surface area contributed by atoms with Gasteiger partial charge in [-0.25, -0.2) is 4.98 Å². The molecule has 0 aliphatic carbocycles. The van der Waals surface area contributed by atoms with Crippen molar-refractivity contribution in [3.63, 3.8) is 0 Å². The van der Waals surface area contributed by atoms with E-state index in [-0.39, 0.29) is 11.4 Å². The van der Waals surface area contributed by atoms with E-state index in [1.54, 1.807) is 0 Å². The van der Waals surface area contributed by atoms with Crippen LogP contribution in [0.4, 0.5) is 18.9 Å². The molecule has 0 amide bonds. The van der Waals surface area contributed by atoms with Crippen molar-refractivity contribution >= 4 is 5.69 Å². The van der Waals surface area contributed by atoms with Crippen LogP contribution in [0.25, 0.3) is 0 Å². The zero-order chi connectivity index (χ0) is 10.1. The highest BCUT2D eigenvalue weighted by molar-refractivity contribution is 5.51. The molecule has 0 radical (unpaired) electrons. The van der Waals surface area contributed by atoms with E-state index in [1.165, 1.54) is 7.11 Å². The Labute approximate surface area is 72.3 Å². The van der Waals surface area contributed by atoms with Crippen LogP contribution < -0.4 is 10.5 Å². The molecule has 0 aromatic carbocycles. The first-order chi connectivity index (χ1) is 5.95. The van der Waals surface area contributed by atoms with Gasteiger partial charge in [-0.2, -0.15) is 13.2 Å². The number of halogens is 3. The lowest BCUT2D eigenvalue weighted by atomic mass is 10.3. The van der Waals surface area contributed by atoms with Crippen LogP contribution in [-0.2, 0) is 6.18 Å². The Hall–Kier alpha value is -1.46. The number of nitrogens with two attached hydrogens (primary N) is 1. The van der Waals surface area contributed by atoms with E-state index in [0.717, 1.165) is 12.3 Å². The first-order valence-electron chi connectivity index (χ1n) is 3.32. The van der Waals surface area contributed by atoms with Crippen LogP contribution in [0.15, 0.2) is 12.3 Å². The molecule has 0 saturated carbocycles. The zero-order valence-electron chi connectivity index (χ0n) is 6.72. The highest BCUT2D eigenvalue weighted by Crippen LogP contribution is 2.31. The molecule has 1 heterocycles. The van der Waals surface area contributed by atoms with Crippen LogP contribution in [-0.4, -0.2) is 12.1 Å². The Morgan fingerprint density at radius 2 is 2.08 bits per heavy atom. The fourth-order valence-corrected chi connectivity index (χ4v) is 0.784. The molecule has 0 unspecified atom stereocenters.